The quantitative estimate of drug-likeness (QED) is 0.833. The van der Waals surface area contributed by atoms with E-state index in [1.54, 1.807) is 6.07 Å². The predicted molar refractivity (Wildman–Crippen MR) is 95.7 cm³/mol. The average Bonchev–Trinajstić information content (AvgIpc) is 2.66. The smallest absolute Gasteiger partial charge is 0.251 e. The van der Waals surface area contributed by atoms with Crippen molar-refractivity contribution in [3.05, 3.63) is 71.0 Å². The van der Waals surface area contributed by atoms with Crippen LogP contribution in [-0.4, -0.2) is 12.0 Å². The van der Waals surface area contributed by atoms with Gasteiger partial charge in [-0.15, -0.1) is 0 Å². The summed E-state index contributed by atoms with van der Waals surface area (Å²) < 4.78 is 19.2. The zero-order valence-corrected chi connectivity index (χ0v) is 14.3. The maximum absolute atomic E-state index is 13.2. The van der Waals surface area contributed by atoms with Gasteiger partial charge in [0, 0.05) is 12.1 Å². The van der Waals surface area contributed by atoms with Gasteiger partial charge in [-0.25, -0.2) is 4.39 Å². The van der Waals surface area contributed by atoms with Gasteiger partial charge >= 0.3 is 0 Å². The molecule has 0 atom stereocenters. The highest BCUT2D eigenvalue weighted by Gasteiger charge is 2.13. The van der Waals surface area contributed by atoms with Gasteiger partial charge in [0.1, 0.15) is 5.82 Å². The molecule has 4 heteroatoms. The zero-order chi connectivity index (χ0) is 17.5. The van der Waals surface area contributed by atoms with Crippen molar-refractivity contribution >= 4 is 5.91 Å². The van der Waals surface area contributed by atoms with Gasteiger partial charge in [0.25, 0.3) is 5.91 Å². The Morgan fingerprint density at radius 3 is 2.60 bits per heavy atom. The molecule has 0 aromatic heterocycles. The Balaban J connectivity index is 1.51. The minimum Gasteiger partial charge on any atom is -0.374 e. The summed E-state index contributed by atoms with van der Waals surface area (Å²) in [6.07, 6.45) is 6.53. The van der Waals surface area contributed by atoms with Crippen molar-refractivity contribution in [3.8, 4) is 0 Å². The Morgan fingerprint density at radius 1 is 1.04 bits per heavy atom. The third-order valence-corrected chi connectivity index (χ3v) is 4.57. The highest BCUT2D eigenvalue weighted by Crippen LogP contribution is 2.21. The largest absolute Gasteiger partial charge is 0.374 e. The van der Waals surface area contributed by atoms with E-state index in [1.165, 1.54) is 37.5 Å². The summed E-state index contributed by atoms with van der Waals surface area (Å²) in [6.45, 7) is 1.02. The van der Waals surface area contributed by atoms with E-state index in [0.717, 1.165) is 24.0 Å². The average molecular weight is 341 g/mol. The monoisotopic (exact) mass is 341 g/mol. The molecule has 1 saturated carbocycles. The van der Waals surface area contributed by atoms with E-state index in [2.05, 4.69) is 11.4 Å². The third-order valence-electron chi connectivity index (χ3n) is 4.57. The Labute approximate surface area is 148 Å². The summed E-state index contributed by atoms with van der Waals surface area (Å²) in [4.78, 5) is 12.1. The van der Waals surface area contributed by atoms with Crippen LogP contribution in [0, 0.1) is 5.82 Å². The molecule has 1 fully saturated rings. The highest BCUT2D eigenvalue weighted by molar-refractivity contribution is 5.94. The molecule has 2 aromatic carbocycles. The van der Waals surface area contributed by atoms with Gasteiger partial charge < -0.3 is 10.1 Å². The highest BCUT2D eigenvalue weighted by atomic mass is 19.1. The van der Waals surface area contributed by atoms with Gasteiger partial charge in [0.15, 0.2) is 0 Å². The Morgan fingerprint density at radius 2 is 1.80 bits per heavy atom. The fraction of sp³-hybridized carbons (Fsp3) is 0.381. The van der Waals surface area contributed by atoms with Gasteiger partial charge in [-0.2, -0.15) is 0 Å². The molecule has 0 aliphatic heterocycles. The molecule has 1 aliphatic rings. The number of nitrogens with one attached hydrogen (secondary N) is 1. The first-order valence-electron chi connectivity index (χ1n) is 8.94. The number of ether oxygens (including phenoxy) is 1. The topological polar surface area (TPSA) is 38.3 Å². The number of rotatable bonds is 6. The van der Waals surface area contributed by atoms with Gasteiger partial charge in [0.2, 0.25) is 0 Å². The maximum atomic E-state index is 13.2. The number of carbonyl (C=O) groups is 1. The lowest BCUT2D eigenvalue weighted by Crippen LogP contribution is -2.23. The summed E-state index contributed by atoms with van der Waals surface area (Å²) >= 11 is 0. The molecule has 3 nitrogen and oxygen atoms in total. The van der Waals surface area contributed by atoms with Crippen molar-refractivity contribution in [2.75, 3.05) is 0 Å². The fourth-order valence-electron chi connectivity index (χ4n) is 3.19. The van der Waals surface area contributed by atoms with Crippen molar-refractivity contribution in [1.29, 1.82) is 0 Å². The number of carbonyl (C=O) groups excluding carboxylic acids is 1. The van der Waals surface area contributed by atoms with Crippen molar-refractivity contribution in [1.82, 2.24) is 5.32 Å². The lowest BCUT2D eigenvalue weighted by atomic mass is 9.98. The van der Waals surface area contributed by atoms with E-state index in [9.17, 15) is 9.18 Å². The number of benzene rings is 2. The number of halogens is 1. The van der Waals surface area contributed by atoms with E-state index < -0.39 is 5.82 Å². The van der Waals surface area contributed by atoms with Crippen LogP contribution in [0.1, 0.15) is 53.6 Å². The van der Waals surface area contributed by atoms with Gasteiger partial charge in [0.05, 0.1) is 12.7 Å². The summed E-state index contributed by atoms with van der Waals surface area (Å²) in [7, 11) is 0. The molecule has 132 valence electrons. The molecule has 0 unspecified atom stereocenters. The van der Waals surface area contributed by atoms with Gasteiger partial charge in [-0.1, -0.05) is 49.6 Å². The van der Waals surface area contributed by atoms with Crippen LogP contribution in [-0.2, 0) is 17.9 Å². The van der Waals surface area contributed by atoms with E-state index in [4.69, 9.17) is 4.74 Å². The molecule has 2 aromatic rings. The van der Waals surface area contributed by atoms with Gasteiger partial charge in [-0.3, -0.25) is 4.79 Å². The molecule has 0 saturated heterocycles. The van der Waals surface area contributed by atoms with Crippen LogP contribution in [0.5, 0.6) is 0 Å². The van der Waals surface area contributed by atoms with Crippen LogP contribution >= 0.6 is 0 Å². The number of hydrogen-bond acceptors (Lipinski definition) is 2. The Bertz CT molecular complexity index is 711. The van der Waals surface area contributed by atoms with Crippen molar-refractivity contribution in [3.63, 3.8) is 0 Å². The molecule has 3 rings (SSSR count). The first kappa shape index (κ1) is 17.6. The number of hydrogen-bond donors (Lipinski definition) is 1. The first-order valence-corrected chi connectivity index (χ1v) is 8.94. The summed E-state index contributed by atoms with van der Waals surface area (Å²) in [5.74, 6) is -0.683. The second kappa shape index (κ2) is 8.77. The Hall–Kier alpha value is -2.20. The van der Waals surface area contributed by atoms with Crippen LogP contribution in [0.25, 0.3) is 0 Å². The second-order valence-corrected chi connectivity index (χ2v) is 6.58. The predicted octanol–water partition coefficient (Wildman–Crippen LogP) is 4.61. The molecule has 25 heavy (non-hydrogen) atoms. The normalized spacial score (nSPS) is 15.1. The molecule has 1 amide bonds. The molecular formula is C21H24FNO2. The minimum absolute atomic E-state index is 0.275. The number of amides is 1. The van der Waals surface area contributed by atoms with E-state index >= 15 is 0 Å². The summed E-state index contributed by atoms with van der Waals surface area (Å²) in [5, 5.41) is 2.83. The van der Waals surface area contributed by atoms with Crippen molar-refractivity contribution in [2.45, 2.75) is 51.4 Å². The van der Waals surface area contributed by atoms with Crippen molar-refractivity contribution < 1.29 is 13.9 Å². The van der Waals surface area contributed by atoms with E-state index in [-0.39, 0.29) is 5.91 Å². The van der Waals surface area contributed by atoms with Crippen LogP contribution in [0.15, 0.2) is 48.5 Å². The first-order chi connectivity index (χ1) is 12.2. The van der Waals surface area contributed by atoms with E-state index in [0.29, 0.717) is 24.8 Å². The standard InChI is InChI=1S/C21H24FNO2/c22-19-9-5-8-18(13-19)21(24)23-14-16-6-4-7-17(12-16)15-25-20-10-2-1-3-11-20/h4-9,12-13,20H,1-3,10-11,14-15H2,(H,23,24). The van der Waals surface area contributed by atoms with Crippen molar-refractivity contribution in [2.24, 2.45) is 0 Å². The molecule has 1 N–H and O–H groups in total. The van der Waals surface area contributed by atoms with Crippen LogP contribution < -0.4 is 5.32 Å². The molecule has 0 spiro atoms. The third kappa shape index (κ3) is 5.40. The summed E-state index contributed by atoms with van der Waals surface area (Å²) in [5.41, 5.74) is 2.45. The molecule has 0 radical (unpaired) electrons. The molecular weight excluding hydrogens is 317 g/mol. The maximum Gasteiger partial charge on any atom is 0.251 e. The van der Waals surface area contributed by atoms with E-state index in [1.807, 2.05) is 18.2 Å². The van der Waals surface area contributed by atoms with Crippen LogP contribution in [0.4, 0.5) is 4.39 Å². The SMILES string of the molecule is O=C(NCc1cccc(COC2CCCCC2)c1)c1cccc(F)c1. The molecule has 0 heterocycles. The van der Waals surface area contributed by atoms with Gasteiger partial charge in [-0.05, 0) is 42.2 Å². The minimum atomic E-state index is -0.408. The zero-order valence-electron chi connectivity index (χ0n) is 14.3. The lowest BCUT2D eigenvalue weighted by Gasteiger charge is -2.22. The molecule has 0 bridgehead atoms. The Kier molecular flexibility index (Phi) is 6.18. The lowest BCUT2D eigenvalue weighted by molar-refractivity contribution is 0.0168. The molecule has 1 aliphatic carbocycles. The van der Waals surface area contributed by atoms with Crippen LogP contribution in [0.3, 0.4) is 0 Å². The van der Waals surface area contributed by atoms with Crippen LogP contribution in [0.2, 0.25) is 0 Å². The second-order valence-electron chi connectivity index (χ2n) is 6.58. The fourth-order valence-corrected chi connectivity index (χ4v) is 3.19. The summed E-state index contributed by atoms with van der Waals surface area (Å²) in [6, 6.07) is 13.7.